The van der Waals surface area contributed by atoms with Gasteiger partial charge in [-0.15, -0.1) is 0 Å². The molecule has 2 aromatic rings. The Kier molecular flexibility index (Phi) is 3.74. The number of hydrogen-bond acceptors (Lipinski definition) is 7. The number of aromatic nitrogens is 3. The van der Waals surface area contributed by atoms with Crippen molar-refractivity contribution in [2.45, 2.75) is 25.8 Å². The molecule has 7 nitrogen and oxygen atoms in total. The van der Waals surface area contributed by atoms with Crippen LogP contribution in [0.25, 0.3) is 11.0 Å². The zero-order chi connectivity index (χ0) is 15.8. The van der Waals surface area contributed by atoms with Gasteiger partial charge < -0.3 is 10.6 Å². The third-order valence-electron chi connectivity index (χ3n) is 5.09. The number of nitrogens with one attached hydrogen (secondary N) is 2. The van der Waals surface area contributed by atoms with Crippen molar-refractivity contribution in [1.82, 2.24) is 25.8 Å². The van der Waals surface area contributed by atoms with Gasteiger partial charge in [0.1, 0.15) is 17.7 Å². The van der Waals surface area contributed by atoms with E-state index in [2.05, 4.69) is 32.6 Å². The summed E-state index contributed by atoms with van der Waals surface area (Å²) < 4.78 is 0. The highest BCUT2D eigenvalue weighted by atomic mass is 15.4. The van der Waals surface area contributed by atoms with Crippen LogP contribution in [-0.2, 0) is 0 Å². The summed E-state index contributed by atoms with van der Waals surface area (Å²) in [6.07, 6.45) is 3.94. The van der Waals surface area contributed by atoms with Gasteiger partial charge in [-0.05, 0) is 36.8 Å². The number of fused-ring (bicyclic) bond motifs is 1. The minimum Gasteiger partial charge on any atom is -0.382 e. The topological polar surface area (TPSA) is 92.0 Å². The Hall–Kier alpha value is -1.99. The fraction of sp³-hybridized carbons (Fsp3) is 0.562. The van der Waals surface area contributed by atoms with Crippen molar-refractivity contribution in [2.24, 2.45) is 11.8 Å². The second-order valence-electron chi connectivity index (χ2n) is 6.67. The van der Waals surface area contributed by atoms with Crippen molar-refractivity contribution in [3.63, 3.8) is 0 Å². The molecule has 122 valence electrons. The Labute approximate surface area is 135 Å². The Balaban J connectivity index is 1.58. The molecule has 2 aromatic heterocycles. The van der Waals surface area contributed by atoms with E-state index in [1.165, 1.54) is 19.2 Å². The largest absolute Gasteiger partial charge is 0.382 e. The van der Waals surface area contributed by atoms with Gasteiger partial charge in [0, 0.05) is 25.7 Å². The average Bonchev–Trinajstić information content (AvgIpc) is 3.01. The van der Waals surface area contributed by atoms with Crippen LogP contribution >= 0.6 is 0 Å². The van der Waals surface area contributed by atoms with Gasteiger partial charge >= 0.3 is 0 Å². The molecule has 4 N–H and O–H groups in total. The average molecular weight is 313 g/mol. The van der Waals surface area contributed by atoms with Crippen molar-refractivity contribution in [3.05, 3.63) is 18.5 Å². The van der Waals surface area contributed by atoms with E-state index in [-0.39, 0.29) is 0 Å². The van der Waals surface area contributed by atoms with Gasteiger partial charge in [0.25, 0.3) is 0 Å². The molecule has 0 radical (unpaired) electrons. The molecular weight excluding hydrogens is 290 g/mol. The Morgan fingerprint density at radius 3 is 3.04 bits per heavy atom. The van der Waals surface area contributed by atoms with E-state index in [4.69, 9.17) is 10.7 Å². The van der Waals surface area contributed by atoms with E-state index >= 15 is 0 Å². The molecule has 0 saturated carbocycles. The van der Waals surface area contributed by atoms with Crippen LogP contribution < -0.4 is 21.5 Å². The predicted octanol–water partition coefficient (Wildman–Crippen LogP) is 0.936. The fourth-order valence-corrected chi connectivity index (χ4v) is 3.83. The molecule has 3 atom stereocenters. The molecule has 4 rings (SSSR count). The van der Waals surface area contributed by atoms with Gasteiger partial charge in [0.05, 0.1) is 5.52 Å². The van der Waals surface area contributed by atoms with Crippen LogP contribution in [0, 0.1) is 11.8 Å². The number of pyridine rings is 1. The van der Waals surface area contributed by atoms with Crippen LogP contribution in [0.1, 0.15) is 19.8 Å². The van der Waals surface area contributed by atoms with Crippen LogP contribution in [-0.4, -0.2) is 40.6 Å². The van der Waals surface area contributed by atoms with E-state index < -0.39 is 0 Å². The maximum atomic E-state index is 5.95. The standard InChI is InChI=1S/C16H23N7/c1-10-7-20-22-14(10)11-3-2-6-23(8-11)13-5-4-12-15(21-13)16(17)19-9-18-12/h4-5,9-11,14,20,22H,2-3,6-8H2,1H3,(H2,17,18,19). The van der Waals surface area contributed by atoms with Gasteiger partial charge in [0.15, 0.2) is 5.82 Å². The summed E-state index contributed by atoms with van der Waals surface area (Å²) in [5.74, 6) is 2.71. The first-order valence-corrected chi connectivity index (χ1v) is 8.33. The molecule has 2 aliphatic rings. The molecule has 0 bridgehead atoms. The summed E-state index contributed by atoms with van der Waals surface area (Å²) >= 11 is 0. The molecule has 2 saturated heterocycles. The summed E-state index contributed by atoms with van der Waals surface area (Å²) in [6.45, 7) is 5.42. The Morgan fingerprint density at radius 2 is 2.22 bits per heavy atom. The van der Waals surface area contributed by atoms with E-state index in [9.17, 15) is 0 Å². The summed E-state index contributed by atoms with van der Waals surface area (Å²) in [5, 5.41) is 0. The van der Waals surface area contributed by atoms with Crippen LogP contribution in [0.15, 0.2) is 18.5 Å². The van der Waals surface area contributed by atoms with Crippen molar-refractivity contribution < 1.29 is 0 Å². The quantitative estimate of drug-likeness (QED) is 0.760. The van der Waals surface area contributed by atoms with Crippen LogP contribution in [0.3, 0.4) is 0 Å². The first-order valence-electron chi connectivity index (χ1n) is 8.33. The third kappa shape index (κ3) is 2.70. The van der Waals surface area contributed by atoms with Crippen LogP contribution in [0.2, 0.25) is 0 Å². The molecular formula is C16H23N7. The molecule has 2 aliphatic heterocycles. The molecule has 2 fully saturated rings. The highest BCUT2D eigenvalue weighted by Crippen LogP contribution is 2.29. The molecule has 0 spiro atoms. The number of hydrazine groups is 1. The Bertz CT molecular complexity index is 704. The van der Waals surface area contributed by atoms with Crippen molar-refractivity contribution in [2.75, 3.05) is 30.3 Å². The minimum atomic E-state index is 0.445. The van der Waals surface area contributed by atoms with Gasteiger partial charge in [-0.3, -0.25) is 10.9 Å². The van der Waals surface area contributed by atoms with E-state index in [0.29, 0.717) is 29.2 Å². The summed E-state index contributed by atoms with van der Waals surface area (Å²) in [6, 6.07) is 4.56. The molecule has 7 heteroatoms. The summed E-state index contributed by atoms with van der Waals surface area (Å²) in [4.78, 5) is 15.4. The molecule has 0 aliphatic carbocycles. The first-order chi connectivity index (χ1) is 11.2. The normalized spacial score (nSPS) is 28.4. The lowest BCUT2D eigenvalue weighted by Crippen LogP contribution is -2.46. The number of piperidine rings is 1. The maximum absolute atomic E-state index is 5.95. The van der Waals surface area contributed by atoms with Crippen molar-refractivity contribution >= 4 is 22.7 Å². The zero-order valence-electron chi connectivity index (χ0n) is 13.4. The Morgan fingerprint density at radius 1 is 1.30 bits per heavy atom. The molecule has 0 aromatic carbocycles. The maximum Gasteiger partial charge on any atom is 0.153 e. The van der Waals surface area contributed by atoms with Crippen LogP contribution in [0.5, 0.6) is 0 Å². The number of nitrogens with two attached hydrogens (primary N) is 1. The molecule has 23 heavy (non-hydrogen) atoms. The summed E-state index contributed by atoms with van der Waals surface area (Å²) in [5.41, 5.74) is 14.2. The highest BCUT2D eigenvalue weighted by molar-refractivity contribution is 5.84. The van der Waals surface area contributed by atoms with Gasteiger partial charge in [0.2, 0.25) is 0 Å². The number of hydrogen-bond donors (Lipinski definition) is 3. The first kappa shape index (κ1) is 14.6. The van der Waals surface area contributed by atoms with Crippen molar-refractivity contribution in [1.29, 1.82) is 0 Å². The number of rotatable bonds is 2. The molecule has 3 unspecified atom stereocenters. The van der Waals surface area contributed by atoms with E-state index in [0.717, 1.165) is 31.0 Å². The number of anilines is 2. The SMILES string of the molecule is CC1CNNC1C1CCCN(c2ccc3ncnc(N)c3n2)C1. The van der Waals surface area contributed by atoms with E-state index in [1.54, 1.807) is 0 Å². The van der Waals surface area contributed by atoms with Crippen molar-refractivity contribution in [3.8, 4) is 0 Å². The highest BCUT2D eigenvalue weighted by Gasteiger charge is 2.33. The molecule has 4 heterocycles. The van der Waals surface area contributed by atoms with E-state index in [1.807, 2.05) is 12.1 Å². The lowest BCUT2D eigenvalue weighted by Gasteiger charge is -2.37. The predicted molar refractivity (Wildman–Crippen MR) is 90.8 cm³/mol. The lowest BCUT2D eigenvalue weighted by molar-refractivity contribution is 0.285. The summed E-state index contributed by atoms with van der Waals surface area (Å²) in [7, 11) is 0. The van der Waals surface area contributed by atoms with Crippen LogP contribution in [0.4, 0.5) is 11.6 Å². The minimum absolute atomic E-state index is 0.445. The van der Waals surface area contributed by atoms with Gasteiger partial charge in [-0.25, -0.2) is 15.0 Å². The third-order valence-corrected chi connectivity index (χ3v) is 5.09. The van der Waals surface area contributed by atoms with Gasteiger partial charge in [-0.2, -0.15) is 0 Å². The van der Waals surface area contributed by atoms with Gasteiger partial charge in [-0.1, -0.05) is 6.92 Å². The lowest BCUT2D eigenvalue weighted by atomic mass is 9.85. The zero-order valence-corrected chi connectivity index (χ0v) is 13.4. The molecule has 0 amide bonds. The fourth-order valence-electron chi connectivity index (χ4n) is 3.83. The second-order valence-corrected chi connectivity index (χ2v) is 6.67. The monoisotopic (exact) mass is 313 g/mol. The number of nitrogen functional groups attached to an aromatic ring is 1. The second kappa shape index (κ2) is 5.90. The number of nitrogens with zero attached hydrogens (tertiary/aromatic N) is 4. The smallest absolute Gasteiger partial charge is 0.153 e.